The van der Waals surface area contributed by atoms with Gasteiger partial charge in [-0.05, 0) is 55.2 Å². The zero-order chi connectivity index (χ0) is 17.9. The van der Waals surface area contributed by atoms with Crippen molar-refractivity contribution < 1.29 is 17.5 Å². The van der Waals surface area contributed by atoms with Gasteiger partial charge in [0.2, 0.25) is 10.0 Å². The maximum Gasteiger partial charge on any atom is 0.243 e. The third-order valence-corrected chi connectivity index (χ3v) is 6.41. The molecule has 2 aromatic carbocycles. The van der Waals surface area contributed by atoms with Gasteiger partial charge in [-0.1, -0.05) is 24.3 Å². The molecule has 1 atom stereocenters. The van der Waals surface area contributed by atoms with Gasteiger partial charge in [0.15, 0.2) is 0 Å². The first-order chi connectivity index (χ1) is 12.0. The van der Waals surface area contributed by atoms with Gasteiger partial charge in [-0.3, -0.25) is 0 Å². The number of hydrogen-bond acceptors (Lipinski definition) is 3. The Morgan fingerprint density at radius 2 is 1.88 bits per heavy atom. The number of hydrogen-bond donors (Lipinski definition) is 0. The van der Waals surface area contributed by atoms with Crippen LogP contribution >= 0.6 is 0 Å². The predicted octanol–water partition coefficient (Wildman–Crippen LogP) is 3.50. The van der Waals surface area contributed by atoms with Crippen LogP contribution < -0.4 is 0 Å². The Labute approximate surface area is 148 Å². The fraction of sp³-hybridized carbons (Fsp3) is 0.368. The van der Waals surface area contributed by atoms with Crippen LogP contribution in [0.2, 0.25) is 0 Å². The maximum atomic E-state index is 13.0. The molecular formula is C19H22FNO3S. The highest BCUT2D eigenvalue weighted by molar-refractivity contribution is 7.89. The summed E-state index contributed by atoms with van der Waals surface area (Å²) in [5.74, 6) is -0.447. The van der Waals surface area contributed by atoms with E-state index in [2.05, 4.69) is 0 Å². The molecule has 4 nitrogen and oxygen atoms in total. The minimum atomic E-state index is -3.62. The Bertz CT molecular complexity index is 821. The van der Waals surface area contributed by atoms with Gasteiger partial charge in [-0.25, -0.2) is 12.8 Å². The predicted molar refractivity (Wildman–Crippen MR) is 94.1 cm³/mol. The molecule has 0 aliphatic carbocycles. The molecule has 6 heteroatoms. The quantitative estimate of drug-likeness (QED) is 0.817. The molecule has 1 fully saturated rings. The molecule has 1 unspecified atom stereocenters. The number of halogens is 1. The van der Waals surface area contributed by atoms with Crippen molar-refractivity contribution in [2.45, 2.75) is 37.4 Å². The zero-order valence-corrected chi connectivity index (χ0v) is 15.0. The SMILES string of the molecule is Cc1ccccc1COC1CCCN(S(=O)(=O)c2ccc(F)cc2)C1. The van der Waals surface area contributed by atoms with Gasteiger partial charge in [0.25, 0.3) is 0 Å². The van der Waals surface area contributed by atoms with E-state index in [4.69, 9.17) is 4.74 Å². The monoisotopic (exact) mass is 363 g/mol. The Morgan fingerprint density at radius 1 is 1.16 bits per heavy atom. The van der Waals surface area contributed by atoms with E-state index in [1.807, 2.05) is 31.2 Å². The summed E-state index contributed by atoms with van der Waals surface area (Å²) in [6, 6.07) is 13.0. The number of piperidine rings is 1. The minimum Gasteiger partial charge on any atom is -0.372 e. The third kappa shape index (κ3) is 4.26. The smallest absolute Gasteiger partial charge is 0.243 e. The molecule has 1 aliphatic rings. The summed E-state index contributed by atoms with van der Waals surface area (Å²) in [6.45, 7) is 3.29. The van der Waals surface area contributed by atoms with Crippen molar-refractivity contribution in [2.24, 2.45) is 0 Å². The highest BCUT2D eigenvalue weighted by Gasteiger charge is 2.30. The Hall–Kier alpha value is -1.76. The minimum absolute atomic E-state index is 0.119. The van der Waals surface area contributed by atoms with E-state index in [-0.39, 0.29) is 11.0 Å². The highest BCUT2D eigenvalue weighted by Crippen LogP contribution is 2.23. The molecule has 1 aliphatic heterocycles. The molecular weight excluding hydrogens is 341 g/mol. The summed E-state index contributed by atoms with van der Waals surface area (Å²) in [5.41, 5.74) is 2.27. The number of rotatable bonds is 5. The number of benzene rings is 2. The summed E-state index contributed by atoms with van der Waals surface area (Å²) < 4.78 is 45.9. The zero-order valence-electron chi connectivity index (χ0n) is 14.2. The first-order valence-corrected chi connectivity index (χ1v) is 9.82. The number of sulfonamides is 1. The number of nitrogens with zero attached hydrogens (tertiary/aromatic N) is 1. The Balaban J connectivity index is 1.66. The van der Waals surface area contributed by atoms with Crippen LogP contribution in [0.5, 0.6) is 0 Å². The average molecular weight is 363 g/mol. The van der Waals surface area contributed by atoms with E-state index in [1.54, 1.807) is 0 Å². The number of ether oxygens (including phenoxy) is 1. The van der Waals surface area contributed by atoms with Crippen LogP contribution in [0.1, 0.15) is 24.0 Å². The largest absolute Gasteiger partial charge is 0.372 e. The molecule has 3 rings (SSSR count). The van der Waals surface area contributed by atoms with E-state index in [0.717, 1.165) is 24.0 Å². The maximum absolute atomic E-state index is 13.0. The Morgan fingerprint density at radius 3 is 2.60 bits per heavy atom. The van der Waals surface area contributed by atoms with Gasteiger partial charge < -0.3 is 4.74 Å². The average Bonchev–Trinajstić information content (AvgIpc) is 2.62. The van der Waals surface area contributed by atoms with Crippen molar-refractivity contribution >= 4 is 10.0 Å². The fourth-order valence-corrected chi connectivity index (χ4v) is 4.50. The molecule has 0 radical (unpaired) electrons. The summed E-state index contributed by atoms with van der Waals surface area (Å²) in [6.07, 6.45) is 1.45. The molecule has 1 heterocycles. The van der Waals surface area contributed by atoms with Gasteiger partial charge in [0, 0.05) is 13.1 Å². The first-order valence-electron chi connectivity index (χ1n) is 8.38. The van der Waals surface area contributed by atoms with E-state index in [9.17, 15) is 12.8 Å². The standard InChI is InChI=1S/C19H22FNO3S/c1-15-5-2-3-6-16(15)14-24-18-7-4-12-21(13-18)25(22,23)19-10-8-17(20)9-11-19/h2-3,5-6,8-11,18H,4,7,12-14H2,1H3. The van der Waals surface area contributed by atoms with Crippen molar-refractivity contribution in [2.75, 3.05) is 13.1 Å². The lowest BCUT2D eigenvalue weighted by Crippen LogP contribution is -2.43. The first kappa shape index (κ1) is 18.0. The van der Waals surface area contributed by atoms with Crippen LogP contribution in [0.3, 0.4) is 0 Å². The summed E-state index contributed by atoms with van der Waals surface area (Å²) in [4.78, 5) is 0.119. The van der Waals surface area contributed by atoms with Crippen molar-refractivity contribution in [3.63, 3.8) is 0 Å². The van der Waals surface area contributed by atoms with E-state index >= 15 is 0 Å². The van der Waals surface area contributed by atoms with Crippen LogP contribution in [0.15, 0.2) is 53.4 Å². The molecule has 0 bridgehead atoms. The summed E-state index contributed by atoms with van der Waals surface area (Å²) >= 11 is 0. The molecule has 1 saturated heterocycles. The second-order valence-corrected chi connectivity index (χ2v) is 8.26. The normalized spacial score (nSPS) is 19.0. The second kappa shape index (κ2) is 7.64. The van der Waals surface area contributed by atoms with Crippen molar-refractivity contribution in [3.05, 3.63) is 65.5 Å². The van der Waals surface area contributed by atoms with Crippen LogP contribution in [-0.2, 0) is 21.4 Å². The molecule has 134 valence electrons. The topological polar surface area (TPSA) is 46.6 Å². The van der Waals surface area contributed by atoms with Crippen molar-refractivity contribution in [1.29, 1.82) is 0 Å². The van der Waals surface area contributed by atoms with Crippen LogP contribution in [0.4, 0.5) is 4.39 Å². The van der Waals surface area contributed by atoms with Gasteiger partial charge in [0.05, 0.1) is 17.6 Å². The van der Waals surface area contributed by atoms with E-state index in [0.29, 0.717) is 19.7 Å². The van der Waals surface area contributed by atoms with Crippen molar-refractivity contribution in [3.8, 4) is 0 Å². The van der Waals surface area contributed by atoms with Gasteiger partial charge >= 0.3 is 0 Å². The summed E-state index contributed by atoms with van der Waals surface area (Å²) in [5, 5.41) is 0. The lowest BCUT2D eigenvalue weighted by Gasteiger charge is -2.32. The molecule has 0 spiro atoms. The molecule has 0 amide bonds. The Kier molecular flexibility index (Phi) is 5.51. The fourth-order valence-electron chi connectivity index (χ4n) is 2.99. The van der Waals surface area contributed by atoms with Gasteiger partial charge in [0.1, 0.15) is 5.82 Å². The van der Waals surface area contributed by atoms with Crippen LogP contribution in [-0.4, -0.2) is 31.9 Å². The molecule has 0 N–H and O–H groups in total. The van der Waals surface area contributed by atoms with Gasteiger partial charge in [-0.2, -0.15) is 4.31 Å². The molecule has 0 saturated carbocycles. The van der Waals surface area contributed by atoms with Crippen LogP contribution in [0, 0.1) is 12.7 Å². The third-order valence-electron chi connectivity index (χ3n) is 4.53. The second-order valence-electron chi connectivity index (χ2n) is 6.32. The highest BCUT2D eigenvalue weighted by atomic mass is 32.2. The molecule has 2 aromatic rings. The molecule has 0 aromatic heterocycles. The summed E-state index contributed by atoms with van der Waals surface area (Å²) in [7, 11) is -3.62. The van der Waals surface area contributed by atoms with Crippen molar-refractivity contribution in [1.82, 2.24) is 4.31 Å². The lowest BCUT2D eigenvalue weighted by atomic mass is 10.1. The van der Waals surface area contributed by atoms with E-state index < -0.39 is 15.8 Å². The lowest BCUT2D eigenvalue weighted by molar-refractivity contribution is 0.00791. The van der Waals surface area contributed by atoms with Gasteiger partial charge in [-0.15, -0.1) is 0 Å². The van der Waals surface area contributed by atoms with E-state index in [1.165, 1.54) is 28.6 Å². The number of aryl methyl sites for hydroxylation is 1. The molecule has 25 heavy (non-hydrogen) atoms. The van der Waals surface area contributed by atoms with Crippen LogP contribution in [0.25, 0.3) is 0 Å².